The van der Waals surface area contributed by atoms with E-state index in [1.54, 1.807) is 18.4 Å². The highest BCUT2D eigenvalue weighted by Gasteiger charge is 2.24. The molecule has 0 unspecified atom stereocenters. The number of rotatable bonds is 6. The van der Waals surface area contributed by atoms with Gasteiger partial charge in [-0.15, -0.1) is 11.3 Å². The van der Waals surface area contributed by atoms with Crippen molar-refractivity contribution in [3.05, 3.63) is 57.8 Å². The first-order valence-corrected chi connectivity index (χ1v) is 8.22. The Bertz CT molecular complexity index is 563. The van der Waals surface area contributed by atoms with Crippen LogP contribution >= 0.6 is 11.3 Å². The highest BCUT2D eigenvalue weighted by atomic mass is 32.1. The SMILES string of the molecule is CCc1ccc([C@@H]([NH2+][C@H](C)C(=O)NC)c2cccs2)cc1. The first-order valence-electron chi connectivity index (χ1n) is 7.34. The Kier molecular flexibility index (Phi) is 5.53. The zero-order valence-electron chi connectivity index (χ0n) is 12.8. The van der Waals surface area contributed by atoms with Gasteiger partial charge in [0.1, 0.15) is 6.04 Å². The molecule has 0 aliphatic carbocycles. The third-order valence-corrected chi connectivity index (χ3v) is 4.69. The molecule has 112 valence electrons. The molecule has 4 heteroatoms. The van der Waals surface area contributed by atoms with Crippen molar-refractivity contribution in [3.8, 4) is 0 Å². The van der Waals surface area contributed by atoms with Crippen molar-refractivity contribution >= 4 is 17.2 Å². The van der Waals surface area contributed by atoms with E-state index < -0.39 is 0 Å². The summed E-state index contributed by atoms with van der Waals surface area (Å²) in [6.45, 7) is 4.10. The van der Waals surface area contributed by atoms with Crippen LogP contribution in [0.2, 0.25) is 0 Å². The molecule has 2 atom stereocenters. The van der Waals surface area contributed by atoms with Crippen LogP contribution in [0.4, 0.5) is 0 Å². The topological polar surface area (TPSA) is 45.7 Å². The van der Waals surface area contributed by atoms with Gasteiger partial charge in [-0.2, -0.15) is 0 Å². The molecule has 0 saturated heterocycles. The van der Waals surface area contributed by atoms with Crippen LogP contribution in [0.5, 0.6) is 0 Å². The summed E-state index contributed by atoms with van der Waals surface area (Å²) in [6.07, 6.45) is 1.04. The van der Waals surface area contributed by atoms with Crippen LogP contribution in [-0.4, -0.2) is 19.0 Å². The number of carbonyl (C=O) groups excluding carboxylic acids is 1. The molecule has 2 rings (SSSR count). The van der Waals surface area contributed by atoms with E-state index in [-0.39, 0.29) is 18.0 Å². The Balaban J connectivity index is 2.25. The molecule has 0 spiro atoms. The second kappa shape index (κ2) is 7.38. The largest absolute Gasteiger partial charge is 0.354 e. The fourth-order valence-corrected chi connectivity index (χ4v) is 3.24. The van der Waals surface area contributed by atoms with Gasteiger partial charge >= 0.3 is 0 Å². The standard InChI is InChI=1S/C17H22N2OS/c1-4-13-7-9-14(10-8-13)16(15-6-5-11-21-15)19-12(2)17(20)18-3/h5-12,16,19H,4H2,1-3H3,(H,18,20)/p+1/t12-,16-/m1/s1. The van der Waals surface area contributed by atoms with Crippen LogP contribution in [0.1, 0.15) is 35.9 Å². The van der Waals surface area contributed by atoms with Gasteiger partial charge in [-0.1, -0.05) is 37.3 Å². The number of thiophene rings is 1. The minimum absolute atomic E-state index is 0.0572. The average molecular weight is 303 g/mol. The fourth-order valence-electron chi connectivity index (χ4n) is 2.40. The molecule has 21 heavy (non-hydrogen) atoms. The Hall–Kier alpha value is -1.65. The summed E-state index contributed by atoms with van der Waals surface area (Å²) in [4.78, 5) is 13.1. The maximum absolute atomic E-state index is 11.8. The fraction of sp³-hybridized carbons (Fsp3) is 0.353. The molecule has 0 bridgehead atoms. The van der Waals surface area contributed by atoms with E-state index in [1.807, 2.05) is 6.92 Å². The average Bonchev–Trinajstić information content (AvgIpc) is 3.05. The predicted molar refractivity (Wildman–Crippen MR) is 87.4 cm³/mol. The lowest BCUT2D eigenvalue weighted by Crippen LogP contribution is -2.92. The van der Waals surface area contributed by atoms with Crippen molar-refractivity contribution in [2.45, 2.75) is 32.4 Å². The third kappa shape index (κ3) is 3.93. The third-order valence-electron chi connectivity index (χ3n) is 3.74. The number of hydrogen-bond acceptors (Lipinski definition) is 2. The number of aryl methyl sites for hydroxylation is 1. The zero-order chi connectivity index (χ0) is 15.2. The van der Waals surface area contributed by atoms with Crippen molar-refractivity contribution in [3.63, 3.8) is 0 Å². The normalized spacial score (nSPS) is 13.7. The first-order chi connectivity index (χ1) is 10.2. The molecular formula is C17H23N2OS+. The molecule has 0 radical (unpaired) electrons. The summed E-state index contributed by atoms with van der Waals surface area (Å²) < 4.78 is 0. The summed E-state index contributed by atoms with van der Waals surface area (Å²) in [7, 11) is 1.68. The Morgan fingerprint density at radius 1 is 1.29 bits per heavy atom. The molecule has 1 aromatic carbocycles. The van der Waals surface area contributed by atoms with Gasteiger partial charge in [-0.25, -0.2) is 0 Å². The van der Waals surface area contributed by atoms with E-state index in [0.717, 1.165) is 6.42 Å². The number of likely N-dealkylation sites (N-methyl/N-ethyl adjacent to an activating group) is 1. The zero-order valence-corrected chi connectivity index (χ0v) is 13.6. The monoisotopic (exact) mass is 303 g/mol. The Labute approximate surface area is 130 Å². The first kappa shape index (κ1) is 15.7. The second-order valence-corrected chi connectivity index (χ2v) is 6.16. The van der Waals surface area contributed by atoms with Gasteiger partial charge in [0, 0.05) is 12.6 Å². The van der Waals surface area contributed by atoms with Gasteiger partial charge in [0.15, 0.2) is 6.04 Å². The van der Waals surface area contributed by atoms with Gasteiger partial charge in [-0.05, 0) is 30.4 Å². The van der Waals surface area contributed by atoms with Crippen LogP contribution in [-0.2, 0) is 11.2 Å². The minimum atomic E-state index is -0.118. The summed E-state index contributed by atoms with van der Waals surface area (Å²) in [6, 6.07) is 13.0. The molecule has 2 aromatic rings. The summed E-state index contributed by atoms with van der Waals surface area (Å²) in [5, 5.41) is 6.93. The van der Waals surface area contributed by atoms with Crippen LogP contribution < -0.4 is 10.6 Å². The lowest BCUT2D eigenvalue weighted by molar-refractivity contribution is -0.704. The van der Waals surface area contributed by atoms with E-state index in [4.69, 9.17) is 0 Å². The predicted octanol–water partition coefficient (Wildman–Crippen LogP) is 2.10. The quantitative estimate of drug-likeness (QED) is 0.843. The molecule has 0 aliphatic heterocycles. The number of nitrogens with two attached hydrogens (primary N) is 1. The summed E-state index contributed by atoms with van der Waals surface area (Å²) in [5.74, 6) is 0.0572. The molecular weight excluding hydrogens is 280 g/mol. The smallest absolute Gasteiger partial charge is 0.277 e. The van der Waals surface area contributed by atoms with E-state index in [9.17, 15) is 4.79 Å². The molecule has 1 aromatic heterocycles. The number of carbonyl (C=O) groups is 1. The van der Waals surface area contributed by atoms with Crippen LogP contribution in [0.25, 0.3) is 0 Å². The van der Waals surface area contributed by atoms with Crippen LogP contribution in [0.3, 0.4) is 0 Å². The molecule has 3 N–H and O–H groups in total. The van der Waals surface area contributed by atoms with Crippen molar-refractivity contribution in [1.29, 1.82) is 0 Å². The van der Waals surface area contributed by atoms with Crippen LogP contribution in [0, 0.1) is 0 Å². The second-order valence-electron chi connectivity index (χ2n) is 5.18. The molecule has 0 saturated carbocycles. The van der Waals surface area contributed by atoms with Crippen molar-refractivity contribution in [2.75, 3.05) is 7.05 Å². The lowest BCUT2D eigenvalue weighted by atomic mass is 10.0. The molecule has 0 fully saturated rings. The molecule has 1 heterocycles. The minimum Gasteiger partial charge on any atom is -0.354 e. The molecule has 3 nitrogen and oxygen atoms in total. The maximum Gasteiger partial charge on any atom is 0.277 e. The number of nitrogens with one attached hydrogen (secondary N) is 1. The van der Waals surface area contributed by atoms with Crippen molar-refractivity contribution in [1.82, 2.24) is 5.32 Å². The van der Waals surface area contributed by atoms with Crippen LogP contribution in [0.15, 0.2) is 41.8 Å². The van der Waals surface area contributed by atoms with E-state index in [0.29, 0.717) is 0 Å². The van der Waals surface area contributed by atoms with Gasteiger partial charge in [-0.3, -0.25) is 4.79 Å². The van der Waals surface area contributed by atoms with E-state index in [1.165, 1.54) is 16.0 Å². The summed E-state index contributed by atoms with van der Waals surface area (Å²) >= 11 is 1.73. The van der Waals surface area contributed by atoms with Crippen molar-refractivity contribution < 1.29 is 10.1 Å². The van der Waals surface area contributed by atoms with E-state index >= 15 is 0 Å². The van der Waals surface area contributed by atoms with Crippen molar-refractivity contribution in [2.24, 2.45) is 0 Å². The lowest BCUT2D eigenvalue weighted by Gasteiger charge is -2.19. The van der Waals surface area contributed by atoms with Gasteiger partial charge in [0.25, 0.3) is 5.91 Å². The number of benzene rings is 1. The number of amides is 1. The Morgan fingerprint density at radius 3 is 2.52 bits per heavy atom. The maximum atomic E-state index is 11.8. The van der Waals surface area contributed by atoms with Gasteiger partial charge in [0.2, 0.25) is 0 Å². The van der Waals surface area contributed by atoms with Gasteiger partial charge < -0.3 is 10.6 Å². The van der Waals surface area contributed by atoms with Gasteiger partial charge in [0.05, 0.1) is 4.88 Å². The highest BCUT2D eigenvalue weighted by Crippen LogP contribution is 2.23. The Morgan fingerprint density at radius 2 is 2.00 bits per heavy atom. The summed E-state index contributed by atoms with van der Waals surface area (Å²) in [5.41, 5.74) is 2.58. The number of hydrogen-bond donors (Lipinski definition) is 2. The number of quaternary nitrogens is 1. The van der Waals surface area contributed by atoms with E-state index in [2.05, 4.69) is 59.3 Å². The highest BCUT2D eigenvalue weighted by molar-refractivity contribution is 7.10. The molecule has 0 aliphatic rings. The molecule has 1 amide bonds.